The fraction of sp³-hybridized carbons (Fsp3) is 0.526. The highest BCUT2D eigenvalue weighted by atomic mass is 35.5. The molecular formula is C19H24ClN3O3. The van der Waals surface area contributed by atoms with E-state index in [0.717, 1.165) is 31.4 Å². The lowest BCUT2D eigenvalue weighted by Crippen LogP contribution is -2.35. The van der Waals surface area contributed by atoms with Crippen LogP contribution < -0.4 is 14.8 Å². The van der Waals surface area contributed by atoms with Crippen LogP contribution in [-0.2, 0) is 13.1 Å². The first-order valence-electron chi connectivity index (χ1n) is 9.14. The number of benzene rings is 1. The van der Waals surface area contributed by atoms with Gasteiger partial charge in [-0.1, -0.05) is 11.6 Å². The van der Waals surface area contributed by atoms with Crippen LogP contribution in [0.1, 0.15) is 24.8 Å². The second-order valence-electron chi connectivity index (χ2n) is 7.11. The number of ether oxygens (including phenoxy) is 2. The molecule has 2 aromatic rings. The Balaban J connectivity index is 1.36. The number of aliphatic hydroxyl groups is 1. The van der Waals surface area contributed by atoms with Gasteiger partial charge >= 0.3 is 0 Å². The summed E-state index contributed by atoms with van der Waals surface area (Å²) in [4.78, 5) is 4.08. The average Bonchev–Trinajstić information content (AvgIpc) is 3.17. The fourth-order valence-electron chi connectivity index (χ4n) is 3.81. The first-order chi connectivity index (χ1) is 12.7. The molecule has 0 amide bonds. The molecule has 3 atom stereocenters. The number of hydrogen-bond donors (Lipinski definition) is 2. The third-order valence-corrected chi connectivity index (χ3v) is 5.37. The summed E-state index contributed by atoms with van der Waals surface area (Å²) in [6.45, 7) is 2.79. The van der Waals surface area contributed by atoms with Crippen molar-refractivity contribution in [2.75, 3.05) is 13.2 Å². The van der Waals surface area contributed by atoms with Gasteiger partial charge in [-0.25, -0.2) is 4.98 Å². The van der Waals surface area contributed by atoms with E-state index in [2.05, 4.69) is 14.9 Å². The van der Waals surface area contributed by atoms with Crippen molar-refractivity contribution in [2.24, 2.45) is 5.92 Å². The van der Waals surface area contributed by atoms with Gasteiger partial charge in [0.15, 0.2) is 11.5 Å². The zero-order chi connectivity index (χ0) is 17.9. The zero-order valence-corrected chi connectivity index (χ0v) is 15.4. The van der Waals surface area contributed by atoms with E-state index in [-0.39, 0.29) is 12.1 Å². The maximum Gasteiger partial charge on any atom is 0.179 e. The van der Waals surface area contributed by atoms with Crippen molar-refractivity contribution in [3.63, 3.8) is 0 Å². The number of aromatic nitrogens is 2. The van der Waals surface area contributed by atoms with E-state index in [1.165, 1.54) is 0 Å². The molecule has 1 aliphatic heterocycles. The van der Waals surface area contributed by atoms with Crippen molar-refractivity contribution < 1.29 is 14.6 Å². The van der Waals surface area contributed by atoms with Crippen molar-refractivity contribution in [1.29, 1.82) is 0 Å². The van der Waals surface area contributed by atoms with Crippen molar-refractivity contribution in [2.45, 2.75) is 44.5 Å². The van der Waals surface area contributed by atoms with Gasteiger partial charge in [-0.05, 0) is 36.5 Å². The van der Waals surface area contributed by atoms with Gasteiger partial charge in [0.25, 0.3) is 0 Å². The SMILES string of the molecule is O[C@@H]1CC(Cn2ccnc2)C[C@H]1NCc1cc(Cl)c2c(c1)OCCCO2. The van der Waals surface area contributed by atoms with E-state index < -0.39 is 0 Å². The molecule has 0 spiro atoms. The van der Waals surface area contributed by atoms with Crippen molar-refractivity contribution in [3.8, 4) is 11.5 Å². The van der Waals surface area contributed by atoms with E-state index in [1.807, 2.05) is 24.7 Å². The minimum Gasteiger partial charge on any atom is -0.489 e. The van der Waals surface area contributed by atoms with E-state index in [9.17, 15) is 5.11 Å². The summed E-state index contributed by atoms with van der Waals surface area (Å²) in [5, 5.41) is 14.4. The number of rotatable bonds is 5. The molecule has 1 saturated carbocycles. The van der Waals surface area contributed by atoms with Gasteiger partial charge in [-0.2, -0.15) is 0 Å². The molecule has 7 heteroatoms. The van der Waals surface area contributed by atoms with E-state index in [1.54, 1.807) is 6.20 Å². The minimum atomic E-state index is -0.334. The number of fused-ring (bicyclic) bond motifs is 1. The Hall–Kier alpha value is -1.76. The highest BCUT2D eigenvalue weighted by molar-refractivity contribution is 6.32. The summed E-state index contributed by atoms with van der Waals surface area (Å²) in [7, 11) is 0. The van der Waals surface area contributed by atoms with Crippen molar-refractivity contribution in [3.05, 3.63) is 41.4 Å². The summed E-state index contributed by atoms with van der Waals surface area (Å²) in [5.74, 6) is 1.79. The van der Waals surface area contributed by atoms with Crippen molar-refractivity contribution >= 4 is 11.6 Å². The Morgan fingerprint density at radius 1 is 1.27 bits per heavy atom. The van der Waals surface area contributed by atoms with Crippen LogP contribution in [0.3, 0.4) is 0 Å². The molecular weight excluding hydrogens is 354 g/mol. The second-order valence-corrected chi connectivity index (χ2v) is 7.51. The van der Waals surface area contributed by atoms with Gasteiger partial charge in [0.05, 0.1) is 30.7 Å². The Bertz CT molecular complexity index is 738. The first kappa shape index (κ1) is 17.6. The van der Waals surface area contributed by atoms with E-state index in [0.29, 0.717) is 42.2 Å². The van der Waals surface area contributed by atoms with Gasteiger partial charge in [-0.15, -0.1) is 0 Å². The Kier molecular flexibility index (Phi) is 5.33. The molecule has 2 heterocycles. The lowest BCUT2D eigenvalue weighted by molar-refractivity contribution is 0.145. The predicted octanol–water partition coefficient (Wildman–Crippen LogP) is 2.63. The maximum atomic E-state index is 10.4. The maximum absolute atomic E-state index is 10.4. The number of nitrogens with zero attached hydrogens (tertiary/aromatic N) is 2. The minimum absolute atomic E-state index is 0.0817. The lowest BCUT2D eigenvalue weighted by Gasteiger charge is -2.18. The molecule has 2 aliphatic rings. The highest BCUT2D eigenvalue weighted by Crippen LogP contribution is 2.38. The number of nitrogens with one attached hydrogen (secondary N) is 1. The Labute approximate surface area is 158 Å². The molecule has 26 heavy (non-hydrogen) atoms. The van der Waals surface area contributed by atoms with Crippen LogP contribution in [0.2, 0.25) is 5.02 Å². The van der Waals surface area contributed by atoms with Crippen LogP contribution in [0.15, 0.2) is 30.9 Å². The normalized spacial score (nSPS) is 25.2. The first-order valence-corrected chi connectivity index (χ1v) is 9.52. The molecule has 0 bridgehead atoms. The number of imidazole rings is 1. The Morgan fingerprint density at radius 3 is 3.00 bits per heavy atom. The summed E-state index contributed by atoms with van der Waals surface area (Å²) >= 11 is 6.36. The van der Waals surface area contributed by atoms with Crippen LogP contribution in [-0.4, -0.2) is 40.0 Å². The average molecular weight is 378 g/mol. The number of aliphatic hydroxyl groups excluding tert-OH is 1. The molecule has 4 rings (SSSR count). The Morgan fingerprint density at radius 2 is 2.15 bits per heavy atom. The van der Waals surface area contributed by atoms with Crippen LogP contribution in [0.25, 0.3) is 0 Å². The molecule has 1 fully saturated rings. The third kappa shape index (κ3) is 3.98. The predicted molar refractivity (Wildman–Crippen MR) is 98.6 cm³/mol. The molecule has 0 saturated heterocycles. The number of halogens is 1. The van der Waals surface area contributed by atoms with Crippen molar-refractivity contribution in [1.82, 2.24) is 14.9 Å². The van der Waals surface area contributed by atoms with E-state index >= 15 is 0 Å². The smallest absolute Gasteiger partial charge is 0.179 e. The number of hydrogen-bond acceptors (Lipinski definition) is 5. The second kappa shape index (κ2) is 7.86. The topological polar surface area (TPSA) is 68.5 Å². The summed E-state index contributed by atoms with van der Waals surface area (Å²) < 4.78 is 13.5. The van der Waals surface area contributed by atoms with Gasteiger partial charge in [0.2, 0.25) is 0 Å². The summed E-state index contributed by atoms with van der Waals surface area (Å²) in [5.41, 5.74) is 1.03. The summed E-state index contributed by atoms with van der Waals surface area (Å²) in [6.07, 6.45) is 7.84. The molecule has 1 aromatic heterocycles. The standard InChI is InChI=1S/C19H24ClN3O3/c20-15-6-13(9-18-19(15)26-5-1-4-25-18)10-22-16-7-14(8-17(16)24)11-23-3-2-21-12-23/h2-3,6,9,12,14,16-17,22,24H,1,4-5,7-8,10-11H2/t14?,16-,17-/m1/s1. The zero-order valence-electron chi connectivity index (χ0n) is 14.6. The molecule has 2 N–H and O–H groups in total. The molecule has 1 aromatic carbocycles. The van der Waals surface area contributed by atoms with Crippen LogP contribution >= 0.6 is 11.6 Å². The fourth-order valence-corrected chi connectivity index (χ4v) is 4.10. The van der Waals surface area contributed by atoms with Crippen LogP contribution in [0.5, 0.6) is 11.5 Å². The van der Waals surface area contributed by atoms with E-state index in [4.69, 9.17) is 21.1 Å². The third-order valence-electron chi connectivity index (χ3n) is 5.09. The lowest BCUT2D eigenvalue weighted by atomic mass is 10.1. The van der Waals surface area contributed by atoms with Gasteiger partial charge in [0.1, 0.15) is 0 Å². The molecule has 140 valence electrons. The van der Waals surface area contributed by atoms with Crippen LogP contribution in [0.4, 0.5) is 0 Å². The molecule has 1 unspecified atom stereocenters. The van der Waals surface area contributed by atoms with Gasteiger partial charge in [-0.3, -0.25) is 0 Å². The van der Waals surface area contributed by atoms with Gasteiger partial charge in [0, 0.05) is 37.9 Å². The molecule has 6 nitrogen and oxygen atoms in total. The van der Waals surface area contributed by atoms with Gasteiger partial charge < -0.3 is 24.5 Å². The monoisotopic (exact) mass is 377 g/mol. The largest absolute Gasteiger partial charge is 0.489 e. The molecule has 1 aliphatic carbocycles. The van der Waals surface area contributed by atoms with Crippen LogP contribution in [0, 0.1) is 5.92 Å². The quantitative estimate of drug-likeness (QED) is 0.838. The summed E-state index contributed by atoms with van der Waals surface area (Å²) in [6, 6.07) is 3.97. The highest BCUT2D eigenvalue weighted by Gasteiger charge is 2.32. The molecule has 0 radical (unpaired) electrons.